The summed E-state index contributed by atoms with van der Waals surface area (Å²) in [4.78, 5) is 10.7. The number of hydrogen-bond donors (Lipinski definition) is 1. The zero-order valence-corrected chi connectivity index (χ0v) is 9.35. The van der Waals surface area contributed by atoms with Crippen molar-refractivity contribution in [2.45, 2.75) is 40.7 Å². The van der Waals surface area contributed by atoms with Crippen molar-refractivity contribution in [1.29, 1.82) is 0 Å². The maximum atomic E-state index is 10.7. The molecule has 0 aliphatic carbocycles. The molecule has 0 unspecified atom stereocenters. The average molecular weight is 194 g/mol. The van der Waals surface area contributed by atoms with Gasteiger partial charge in [-0.15, -0.1) is 0 Å². The van der Waals surface area contributed by atoms with Gasteiger partial charge in [0.1, 0.15) is 0 Å². The van der Waals surface area contributed by atoms with Crippen LogP contribution in [0.25, 0.3) is 0 Å². The number of primary amides is 1. The summed E-state index contributed by atoms with van der Waals surface area (Å²) in [5, 5.41) is 0. The summed E-state index contributed by atoms with van der Waals surface area (Å²) in [6.07, 6.45) is 0.412. The highest BCUT2D eigenvalue weighted by Gasteiger charge is 2.10. The molecule has 1 heterocycles. The van der Waals surface area contributed by atoms with Crippen LogP contribution in [0.15, 0.2) is 0 Å². The van der Waals surface area contributed by atoms with E-state index >= 15 is 0 Å². The van der Waals surface area contributed by atoms with Gasteiger partial charge in [-0.1, -0.05) is 0 Å². The lowest BCUT2D eigenvalue weighted by Gasteiger charge is -2.07. The number of hydrogen-bond acceptors (Lipinski definition) is 1. The van der Waals surface area contributed by atoms with Crippen molar-refractivity contribution in [3.8, 4) is 0 Å². The molecule has 1 aromatic heterocycles. The SMILES string of the molecule is Cc1c(C)c(C)n(CCC(N)=O)c1C. The highest BCUT2D eigenvalue weighted by molar-refractivity contribution is 5.73. The first-order valence-corrected chi connectivity index (χ1v) is 4.86. The normalized spacial score (nSPS) is 10.6. The van der Waals surface area contributed by atoms with E-state index in [4.69, 9.17) is 5.73 Å². The predicted octanol–water partition coefficient (Wildman–Crippen LogP) is 1.60. The second-order valence-corrected chi connectivity index (χ2v) is 3.79. The number of nitrogens with two attached hydrogens (primary N) is 1. The Kier molecular flexibility index (Phi) is 2.99. The maximum Gasteiger partial charge on any atom is 0.219 e. The van der Waals surface area contributed by atoms with Crippen molar-refractivity contribution < 1.29 is 4.79 Å². The van der Waals surface area contributed by atoms with Gasteiger partial charge in [-0.3, -0.25) is 4.79 Å². The summed E-state index contributed by atoms with van der Waals surface area (Å²) >= 11 is 0. The molecule has 0 bridgehead atoms. The van der Waals surface area contributed by atoms with Crippen LogP contribution in [-0.2, 0) is 11.3 Å². The van der Waals surface area contributed by atoms with Gasteiger partial charge in [-0.05, 0) is 38.8 Å². The summed E-state index contributed by atoms with van der Waals surface area (Å²) < 4.78 is 2.16. The zero-order chi connectivity index (χ0) is 10.9. The van der Waals surface area contributed by atoms with Crippen molar-refractivity contribution in [1.82, 2.24) is 4.57 Å². The van der Waals surface area contributed by atoms with Crippen LogP contribution in [0.5, 0.6) is 0 Å². The van der Waals surface area contributed by atoms with Gasteiger partial charge in [0.2, 0.25) is 5.91 Å². The molecule has 1 rings (SSSR count). The third-order valence-electron chi connectivity index (χ3n) is 3.04. The minimum Gasteiger partial charge on any atom is -0.370 e. The molecule has 0 radical (unpaired) electrons. The molecule has 3 nitrogen and oxygen atoms in total. The first-order valence-electron chi connectivity index (χ1n) is 4.86. The molecule has 0 aliphatic rings. The Morgan fingerprint density at radius 1 is 1.14 bits per heavy atom. The minimum atomic E-state index is -0.243. The van der Waals surface area contributed by atoms with Crippen molar-refractivity contribution in [3.63, 3.8) is 0 Å². The molecule has 0 saturated heterocycles. The van der Waals surface area contributed by atoms with Crippen molar-refractivity contribution in [2.75, 3.05) is 0 Å². The van der Waals surface area contributed by atoms with E-state index in [1.54, 1.807) is 0 Å². The molecule has 78 valence electrons. The average Bonchev–Trinajstić information content (AvgIpc) is 2.29. The van der Waals surface area contributed by atoms with Gasteiger partial charge < -0.3 is 10.3 Å². The number of carbonyl (C=O) groups is 1. The Hall–Kier alpha value is -1.25. The van der Waals surface area contributed by atoms with Crippen molar-refractivity contribution in [2.24, 2.45) is 5.73 Å². The van der Waals surface area contributed by atoms with Gasteiger partial charge in [0.25, 0.3) is 0 Å². The van der Waals surface area contributed by atoms with Crippen LogP contribution in [0.3, 0.4) is 0 Å². The molecule has 1 amide bonds. The number of amides is 1. The second kappa shape index (κ2) is 3.86. The van der Waals surface area contributed by atoms with Crippen LogP contribution in [-0.4, -0.2) is 10.5 Å². The van der Waals surface area contributed by atoms with Crippen LogP contribution in [0, 0.1) is 27.7 Å². The Morgan fingerprint density at radius 2 is 1.57 bits per heavy atom. The van der Waals surface area contributed by atoms with Gasteiger partial charge >= 0.3 is 0 Å². The predicted molar refractivity (Wildman–Crippen MR) is 57.2 cm³/mol. The van der Waals surface area contributed by atoms with Gasteiger partial charge in [0.05, 0.1) is 0 Å². The van der Waals surface area contributed by atoms with E-state index in [2.05, 4.69) is 32.3 Å². The maximum absolute atomic E-state index is 10.7. The van der Waals surface area contributed by atoms with Gasteiger partial charge in [0.15, 0.2) is 0 Å². The standard InChI is InChI=1S/C11H18N2O/c1-7-8(2)10(4)13(9(7)3)6-5-11(12)14/h5-6H2,1-4H3,(H2,12,14). The molecule has 3 heteroatoms. The monoisotopic (exact) mass is 194 g/mol. The van der Waals surface area contributed by atoms with Gasteiger partial charge in [0, 0.05) is 24.4 Å². The minimum absolute atomic E-state index is 0.243. The number of nitrogens with zero attached hydrogens (tertiary/aromatic N) is 1. The third-order valence-corrected chi connectivity index (χ3v) is 3.04. The fourth-order valence-corrected chi connectivity index (χ4v) is 1.76. The van der Waals surface area contributed by atoms with Crippen LogP contribution in [0.1, 0.15) is 28.9 Å². The Balaban J connectivity index is 2.97. The summed E-state index contributed by atoms with van der Waals surface area (Å²) in [7, 11) is 0. The first kappa shape index (κ1) is 10.8. The highest BCUT2D eigenvalue weighted by Crippen LogP contribution is 2.20. The summed E-state index contributed by atoms with van der Waals surface area (Å²) in [5.74, 6) is -0.243. The van der Waals surface area contributed by atoms with Crippen LogP contribution < -0.4 is 5.73 Å². The summed E-state index contributed by atoms with van der Waals surface area (Å²) in [6.45, 7) is 9.07. The summed E-state index contributed by atoms with van der Waals surface area (Å²) in [5.41, 5.74) is 10.2. The molecule has 1 aromatic rings. The molecule has 0 aliphatic heterocycles. The van der Waals surface area contributed by atoms with Gasteiger partial charge in [-0.2, -0.15) is 0 Å². The smallest absolute Gasteiger partial charge is 0.219 e. The molecule has 0 atom stereocenters. The molecule has 0 spiro atoms. The fourth-order valence-electron chi connectivity index (χ4n) is 1.76. The molecule has 2 N–H and O–H groups in total. The van der Waals surface area contributed by atoms with E-state index in [1.165, 1.54) is 22.5 Å². The summed E-state index contributed by atoms with van der Waals surface area (Å²) in [6, 6.07) is 0. The quantitative estimate of drug-likeness (QED) is 0.780. The lowest BCUT2D eigenvalue weighted by Crippen LogP contribution is -2.15. The third kappa shape index (κ3) is 1.81. The zero-order valence-electron chi connectivity index (χ0n) is 9.35. The highest BCUT2D eigenvalue weighted by atomic mass is 16.1. The largest absolute Gasteiger partial charge is 0.370 e. The number of carbonyl (C=O) groups excluding carboxylic acids is 1. The molecule has 0 fully saturated rings. The van der Waals surface area contributed by atoms with E-state index in [1.807, 2.05) is 0 Å². The lowest BCUT2D eigenvalue weighted by atomic mass is 10.2. The second-order valence-electron chi connectivity index (χ2n) is 3.79. The molecule has 0 saturated carbocycles. The molecule has 0 aromatic carbocycles. The van der Waals surface area contributed by atoms with E-state index in [0.29, 0.717) is 13.0 Å². The molecular formula is C11H18N2O. The van der Waals surface area contributed by atoms with E-state index in [-0.39, 0.29) is 5.91 Å². The Morgan fingerprint density at radius 3 is 1.93 bits per heavy atom. The van der Waals surface area contributed by atoms with Crippen LogP contribution in [0.2, 0.25) is 0 Å². The first-order chi connectivity index (χ1) is 6.45. The van der Waals surface area contributed by atoms with Crippen LogP contribution in [0.4, 0.5) is 0 Å². The Bertz CT molecular complexity index is 338. The van der Waals surface area contributed by atoms with E-state index < -0.39 is 0 Å². The van der Waals surface area contributed by atoms with E-state index in [9.17, 15) is 4.79 Å². The molecular weight excluding hydrogens is 176 g/mol. The fraction of sp³-hybridized carbons (Fsp3) is 0.545. The van der Waals surface area contributed by atoms with Crippen molar-refractivity contribution >= 4 is 5.91 Å². The van der Waals surface area contributed by atoms with E-state index in [0.717, 1.165) is 0 Å². The van der Waals surface area contributed by atoms with Gasteiger partial charge in [-0.25, -0.2) is 0 Å². The number of aromatic nitrogens is 1. The lowest BCUT2D eigenvalue weighted by molar-refractivity contribution is -0.118. The number of rotatable bonds is 3. The topological polar surface area (TPSA) is 48.0 Å². The Labute approximate surface area is 84.9 Å². The van der Waals surface area contributed by atoms with Crippen LogP contribution >= 0.6 is 0 Å². The van der Waals surface area contributed by atoms with Crippen molar-refractivity contribution in [3.05, 3.63) is 22.5 Å². The molecule has 14 heavy (non-hydrogen) atoms.